The van der Waals surface area contributed by atoms with Gasteiger partial charge in [0.2, 0.25) is 5.82 Å². The molecule has 150 valence electrons. The number of aromatic nitrogens is 1. The maximum atomic E-state index is 6.30. The lowest BCUT2D eigenvalue weighted by molar-refractivity contribution is 0.313. The molecule has 2 heterocycles. The molecule has 1 aliphatic rings. The van der Waals surface area contributed by atoms with E-state index in [1.807, 2.05) is 18.2 Å². The first-order valence-corrected chi connectivity index (χ1v) is 10.6. The molecule has 0 atom stereocenters. The Balaban J connectivity index is 1.73. The predicted molar refractivity (Wildman–Crippen MR) is 122 cm³/mol. The normalized spacial score (nSPS) is 13.8. The minimum absolute atomic E-state index is 0.642. The third-order valence-corrected chi connectivity index (χ3v) is 6.08. The van der Waals surface area contributed by atoms with Gasteiger partial charge < -0.3 is 10.5 Å². The first kappa shape index (κ1) is 19.9. The summed E-state index contributed by atoms with van der Waals surface area (Å²) in [6, 6.07) is 17.0. The number of rotatable bonds is 7. The zero-order valence-corrected chi connectivity index (χ0v) is 17.7. The summed E-state index contributed by atoms with van der Waals surface area (Å²) in [5, 5.41) is 0.672. The molecule has 0 saturated carbocycles. The molecule has 0 radical (unpaired) electrons. The maximum Gasteiger partial charge on any atom is 0.240 e. The summed E-state index contributed by atoms with van der Waals surface area (Å²) >= 11 is 6.30. The van der Waals surface area contributed by atoms with Gasteiger partial charge in [-0.05, 0) is 68.3 Å². The van der Waals surface area contributed by atoms with Crippen LogP contribution in [0.1, 0.15) is 20.3 Å². The summed E-state index contributed by atoms with van der Waals surface area (Å²) < 4.78 is 6.48. The van der Waals surface area contributed by atoms with Gasteiger partial charge in [0.05, 0.1) is 42.0 Å². The monoisotopic (exact) mass is 408 g/mol. The fraction of sp³-hybridized carbons (Fsp3) is 0.292. The van der Waals surface area contributed by atoms with Crippen molar-refractivity contribution in [2.45, 2.75) is 20.3 Å². The molecule has 2 aromatic carbocycles. The highest BCUT2D eigenvalue weighted by Gasteiger charge is 2.43. The summed E-state index contributed by atoms with van der Waals surface area (Å²) in [7, 11) is 0. The number of hydrogen-bond donors (Lipinski definition) is 1. The average Bonchev–Trinajstić information content (AvgIpc) is 3.03. The highest BCUT2D eigenvalue weighted by molar-refractivity contribution is 6.31. The van der Waals surface area contributed by atoms with Crippen LogP contribution in [0, 0.1) is 0 Å². The van der Waals surface area contributed by atoms with Crippen LogP contribution in [0.5, 0.6) is 5.75 Å². The lowest BCUT2D eigenvalue weighted by atomic mass is 9.99. The van der Waals surface area contributed by atoms with Crippen molar-refractivity contribution in [3.05, 3.63) is 59.8 Å². The highest BCUT2D eigenvalue weighted by atomic mass is 35.5. The van der Waals surface area contributed by atoms with Gasteiger partial charge in [0.1, 0.15) is 11.4 Å². The molecule has 0 spiro atoms. The van der Waals surface area contributed by atoms with E-state index in [1.54, 1.807) is 6.20 Å². The smallest absolute Gasteiger partial charge is 0.240 e. The molecule has 0 fully saturated rings. The zero-order chi connectivity index (χ0) is 20.4. The SMILES string of the molecule is CC[N+]1(CC)c2ccc(-c3ccc(OCCCN)cc3)cc2-c2cc(Cl)cnc21. The fourth-order valence-electron chi connectivity index (χ4n) is 4.27. The summed E-state index contributed by atoms with van der Waals surface area (Å²) in [5.41, 5.74) is 11.5. The van der Waals surface area contributed by atoms with Gasteiger partial charge in [-0.2, -0.15) is 0 Å². The number of nitrogens with zero attached hydrogens (tertiary/aromatic N) is 2. The Bertz CT molecular complexity index is 1010. The van der Waals surface area contributed by atoms with Crippen LogP contribution in [0.4, 0.5) is 11.5 Å². The van der Waals surface area contributed by atoms with Crippen molar-refractivity contribution < 1.29 is 4.74 Å². The minimum Gasteiger partial charge on any atom is -0.494 e. The Morgan fingerprint density at radius 1 is 0.966 bits per heavy atom. The Labute approximate surface area is 177 Å². The van der Waals surface area contributed by atoms with Crippen molar-refractivity contribution in [1.82, 2.24) is 9.47 Å². The number of pyridine rings is 1. The third-order valence-electron chi connectivity index (χ3n) is 5.87. The van der Waals surface area contributed by atoms with Crippen LogP contribution in [0.2, 0.25) is 5.02 Å². The van der Waals surface area contributed by atoms with Crippen molar-refractivity contribution in [3.8, 4) is 28.0 Å². The predicted octanol–water partition coefficient (Wildman–Crippen LogP) is 5.79. The zero-order valence-electron chi connectivity index (χ0n) is 17.0. The van der Waals surface area contributed by atoms with Crippen molar-refractivity contribution in [2.75, 3.05) is 26.2 Å². The van der Waals surface area contributed by atoms with E-state index in [0.717, 1.165) is 46.7 Å². The molecule has 0 amide bonds. The van der Waals surface area contributed by atoms with Crippen molar-refractivity contribution in [2.24, 2.45) is 5.73 Å². The second-order valence-corrected chi connectivity index (χ2v) is 7.81. The number of hydrogen-bond acceptors (Lipinski definition) is 3. The number of ether oxygens (including phenoxy) is 1. The molecule has 0 saturated heterocycles. The van der Waals surface area contributed by atoms with Crippen LogP contribution >= 0.6 is 11.6 Å². The second-order valence-electron chi connectivity index (χ2n) is 7.37. The lowest BCUT2D eigenvalue weighted by Gasteiger charge is -2.31. The summed E-state index contributed by atoms with van der Waals surface area (Å²) in [6.07, 6.45) is 2.62. The molecular weight excluding hydrogens is 382 g/mol. The van der Waals surface area contributed by atoms with Crippen molar-refractivity contribution in [3.63, 3.8) is 0 Å². The molecule has 0 bridgehead atoms. The Kier molecular flexibility index (Phi) is 5.59. The van der Waals surface area contributed by atoms with Gasteiger partial charge in [0, 0.05) is 6.07 Å². The molecule has 1 aliphatic heterocycles. The Hall–Kier alpha value is -2.40. The molecule has 0 unspecified atom stereocenters. The summed E-state index contributed by atoms with van der Waals surface area (Å²) in [5.74, 6) is 1.97. The van der Waals surface area contributed by atoms with Crippen LogP contribution in [0.3, 0.4) is 0 Å². The standard InChI is InChI=1S/C24H27ClN3O/c1-3-28(4-2)23-11-8-18(14-21(23)22-15-19(25)16-27-24(22)28)17-6-9-20(10-7-17)29-13-5-12-26/h6-11,14-16H,3-5,12-13,26H2,1-2H3/q+1. The summed E-state index contributed by atoms with van der Waals surface area (Å²) in [4.78, 5) is 4.73. The number of quaternary nitrogens is 1. The van der Waals surface area contributed by atoms with Gasteiger partial charge in [-0.15, -0.1) is 0 Å². The first-order chi connectivity index (χ1) is 14.1. The van der Waals surface area contributed by atoms with E-state index in [2.05, 4.69) is 44.2 Å². The molecular formula is C24H27ClN3O+. The molecule has 4 rings (SSSR count). The van der Waals surface area contributed by atoms with Crippen LogP contribution in [0.25, 0.3) is 22.3 Å². The highest BCUT2D eigenvalue weighted by Crippen LogP contribution is 2.53. The van der Waals surface area contributed by atoms with E-state index in [4.69, 9.17) is 27.1 Å². The largest absolute Gasteiger partial charge is 0.494 e. The van der Waals surface area contributed by atoms with E-state index < -0.39 is 0 Å². The van der Waals surface area contributed by atoms with E-state index in [-0.39, 0.29) is 0 Å². The number of nitrogens with two attached hydrogens (primary N) is 1. The fourth-order valence-corrected chi connectivity index (χ4v) is 4.43. The molecule has 5 heteroatoms. The summed E-state index contributed by atoms with van der Waals surface area (Å²) in [6.45, 7) is 7.64. The van der Waals surface area contributed by atoms with Crippen LogP contribution in [-0.2, 0) is 0 Å². The Morgan fingerprint density at radius 3 is 2.38 bits per heavy atom. The van der Waals surface area contributed by atoms with E-state index >= 15 is 0 Å². The number of fused-ring (bicyclic) bond motifs is 3. The van der Waals surface area contributed by atoms with E-state index in [0.29, 0.717) is 18.2 Å². The topological polar surface area (TPSA) is 48.1 Å². The minimum atomic E-state index is 0.642. The quantitative estimate of drug-likeness (QED) is 0.397. The lowest BCUT2D eigenvalue weighted by Crippen LogP contribution is -2.42. The van der Waals surface area contributed by atoms with Crippen LogP contribution in [0.15, 0.2) is 54.7 Å². The maximum absolute atomic E-state index is 6.30. The van der Waals surface area contributed by atoms with Gasteiger partial charge in [-0.1, -0.05) is 23.7 Å². The molecule has 3 aromatic rings. The molecule has 2 N–H and O–H groups in total. The van der Waals surface area contributed by atoms with Gasteiger partial charge in [0.25, 0.3) is 0 Å². The molecule has 4 nitrogen and oxygen atoms in total. The van der Waals surface area contributed by atoms with Gasteiger partial charge in [0.15, 0.2) is 0 Å². The van der Waals surface area contributed by atoms with E-state index in [9.17, 15) is 0 Å². The molecule has 29 heavy (non-hydrogen) atoms. The molecule has 1 aromatic heterocycles. The third kappa shape index (κ3) is 3.42. The first-order valence-electron chi connectivity index (χ1n) is 10.2. The van der Waals surface area contributed by atoms with Gasteiger partial charge in [-0.25, -0.2) is 9.47 Å². The van der Waals surface area contributed by atoms with E-state index in [1.165, 1.54) is 16.8 Å². The number of halogens is 1. The van der Waals surface area contributed by atoms with Crippen LogP contribution in [-0.4, -0.2) is 31.2 Å². The molecule has 0 aliphatic carbocycles. The number of benzene rings is 2. The van der Waals surface area contributed by atoms with Crippen molar-refractivity contribution in [1.29, 1.82) is 0 Å². The Morgan fingerprint density at radius 2 is 1.69 bits per heavy atom. The van der Waals surface area contributed by atoms with Crippen molar-refractivity contribution >= 4 is 23.1 Å². The second kappa shape index (κ2) is 8.15. The van der Waals surface area contributed by atoms with Gasteiger partial charge in [-0.3, -0.25) is 0 Å². The van der Waals surface area contributed by atoms with Crippen LogP contribution < -0.4 is 15.0 Å². The average molecular weight is 409 g/mol. The van der Waals surface area contributed by atoms with Gasteiger partial charge >= 0.3 is 0 Å².